The first kappa shape index (κ1) is 21.5. The molecular formula is C18H29IN4O2. The Hall–Kier alpha value is -1.51. The van der Waals surface area contributed by atoms with Gasteiger partial charge < -0.3 is 19.9 Å². The van der Waals surface area contributed by atoms with Crippen LogP contribution >= 0.6 is 24.0 Å². The second-order valence-electron chi connectivity index (χ2n) is 6.49. The van der Waals surface area contributed by atoms with Crippen LogP contribution in [0.3, 0.4) is 0 Å². The molecule has 1 saturated carbocycles. The van der Waals surface area contributed by atoms with Crippen molar-refractivity contribution in [1.82, 2.24) is 15.1 Å². The predicted octanol–water partition coefficient (Wildman–Crippen LogP) is 1.98. The molecule has 1 aliphatic carbocycles. The predicted molar refractivity (Wildman–Crippen MR) is 112 cm³/mol. The largest absolute Gasteiger partial charge is 0.484 e. The number of guanidine groups is 1. The third-order valence-electron chi connectivity index (χ3n) is 3.69. The molecule has 1 aliphatic rings. The summed E-state index contributed by atoms with van der Waals surface area (Å²) in [4.78, 5) is 20.2. The molecule has 25 heavy (non-hydrogen) atoms. The summed E-state index contributed by atoms with van der Waals surface area (Å²) >= 11 is 0. The molecule has 2 rings (SSSR count). The van der Waals surface area contributed by atoms with E-state index in [9.17, 15) is 4.79 Å². The highest BCUT2D eigenvalue weighted by atomic mass is 127. The van der Waals surface area contributed by atoms with Gasteiger partial charge in [0.25, 0.3) is 5.91 Å². The van der Waals surface area contributed by atoms with E-state index in [4.69, 9.17) is 4.74 Å². The second kappa shape index (κ2) is 10.5. The van der Waals surface area contributed by atoms with Gasteiger partial charge in [-0.25, -0.2) is 0 Å². The van der Waals surface area contributed by atoms with Crippen LogP contribution in [0.5, 0.6) is 5.75 Å². The van der Waals surface area contributed by atoms with E-state index in [1.807, 2.05) is 62.3 Å². The number of amides is 1. The van der Waals surface area contributed by atoms with E-state index in [1.165, 1.54) is 5.56 Å². The molecule has 0 bridgehead atoms. The monoisotopic (exact) mass is 460 g/mol. The van der Waals surface area contributed by atoms with Crippen LogP contribution in [0.25, 0.3) is 0 Å². The number of rotatable bonds is 7. The summed E-state index contributed by atoms with van der Waals surface area (Å²) in [7, 11) is 7.96. The van der Waals surface area contributed by atoms with Gasteiger partial charge in [-0.3, -0.25) is 9.79 Å². The molecule has 1 aromatic rings. The number of hydrogen-bond donors (Lipinski definition) is 1. The van der Waals surface area contributed by atoms with Crippen LogP contribution < -0.4 is 10.1 Å². The Labute approximate surface area is 167 Å². The molecule has 0 aromatic heterocycles. The fraction of sp³-hybridized carbons (Fsp3) is 0.556. The van der Waals surface area contributed by atoms with Crippen molar-refractivity contribution in [2.24, 2.45) is 4.99 Å². The van der Waals surface area contributed by atoms with E-state index in [-0.39, 0.29) is 36.5 Å². The van der Waals surface area contributed by atoms with Crippen molar-refractivity contribution in [3.05, 3.63) is 29.8 Å². The summed E-state index contributed by atoms with van der Waals surface area (Å²) in [6.07, 6.45) is 3.05. The smallest absolute Gasteiger partial charge is 0.258 e. The molecule has 0 aliphatic heterocycles. The van der Waals surface area contributed by atoms with Gasteiger partial charge in [0.05, 0.1) is 0 Å². The van der Waals surface area contributed by atoms with Crippen LogP contribution in [0, 0.1) is 0 Å². The van der Waals surface area contributed by atoms with Gasteiger partial charge in [0.1, 0.15) is 5.75 Å². The highest BCUT2D eigenvalue weighted by Gasteiger charge is 2.23. The summed E-state index contributed by atoms with van der Waals surface area (Å²) in [5.74, 6) is 1.63. The summed E-state index contributed by atoms with van der Waals surface area (Å²) < 4.78 is 5.50. The molecule has 1 aromatic carbocycles. The minimum Gasteiger partial charge on any atom is -0.484 e. The molecule has 140 valence electrons. The zero-order valence-corrected chi connectivity index (χ0v) is 17.8. The molecule has 0 heterocycles. The number of benzene rings is 1. The lowest BCUT2D eigenvalue weighted by molar-refractivity contribution is -0.123. The molecule has 6 nitrogen and oxygen atoms in total. The van der Waals surface area contributed by atoms with Crippen LogP contribution in [0.2, 0.25) is 0 Å². The first-order chi connectivity index (χ1) is 11.5. The van der Waals surface area contributed by atoms with Crippen molar-refractivity contribution < 1.29 is 9.53 Å². The molecule has 0 atom stereocenters. The number of nitrogens with one attached hydrogen (secondary N) is 1. The minimum absolute atomic E-state index is 0. The molecule has 0 saturated heterocycles. The van der Waals surface area contributed by atoms with Crippen molar-refractivity contribution in [3.63, 3.8) is 0 Å². The Morgan fingerprint density at radius 1 is 1.16 bits per heavy atom. The lowest BCUT2D eigenvalue weighted by Crippen LogP contribution is -2.35. The highest BCUT2D eigenvalue weighted by molar-refractivity contribution is 14.0. The second-order valence-corrected chi connectivity index (χ2v) is 6.49. The number of nitrogens with zero attached hydrogens (tertiary/aromatic N) is 3. The zero-order chi connectivity index (χ0) is 17.5. The minimum atomic E-state index is -0.0455. The Kier molecular flexibility index (Phi) is 9.02. The fourth-order valence-corrected chi connectivity index (χ4v) is 2.37. The fourth-order valence-electron chi connectivity index (χ4n) is 2.37. The van der Waals surface area contributed by atoms with Gasteiger partial charge in [0, 0.05) is 40.8 Å². The Bertz CT molecular complexity index is 559. The van der Waals surface area contributed by atoms with Crippen molar-refractivity contribution in [2.75, 3.05) is 41.3 Å². The Morgan fingerprint density at radius 3 is 2.28 bits per heavy atom. The van der Waals surface area contributed by atoms with Crippen LogP contribution in [-0.2, 0) is 11.2 Å². The van der Waals surface area contributed by atoms with Gasteiger partial charge in [-0.15, -0.1) is 24.0 Å². The van der Waals surface area contributed by atoms with Crippen LogP contribution in [0.4, 0.5) is 0 Å². The number of carbonyl (C=O) groups is 1. The Morgan fingerprint density at radius 2 is 1.76 bits per heavy atom. The van der Waals surface area contributed by atoms with Crippen molar-refractivity contribution in [2.45, 2.75) is 25.3 Å². The Balaban J connectivity index is 0.00000312. The zero-order valence-electron chi connectivity index (χ0n) is 15.5. The summed E-state index contributed by atoms with van der Waals surface area (Å²) in [5, 5.41) is 2.91. The third kappa shape index (κ3) is 7.94. The van der Waals surface area contributed by atoms with E-state index in [2.05, 4.69) is 10.3 Å². The number of carbonyl (C=O) groups excluding carboxylic acids is 1. The average molecular weight is 460 g/mol. The maximum atomic E-state index is 11.6. The van der Waals surface area contributed by atoms with Gasteiger partial charge >= 0.3 is 0 Å². The van der Waals surface area contributed by atoms with Gasteiger partial charge in [-0.1, -0.05) is 12.1 Å². The van der Waals surface area contributed by atoms with Crippen LogP contribution in [-0.4, -0.2) is 69.1 Å². The van der Waals surface area contributed by atoms with Gasteiger partial charge in [-0.05, 0) is 37.0 Å². The molecule has 0 unspecified atom stereocenters. The van der Waals surface area contributed by atoms with E-state index < -0.39 is 0 Å². The van der Waals surface area contributed by atoms with E-state index in [0.717, 1.165) is 37.5 Å². The number of hydrogen-bond acceptors (Lipinski definition) is 3. The van der Waals surface area contributed by atoms with Gasteiger partial charge in [-0.2, -0.15) is 0 Å². The van der Waals surface area contributed by atoms with Crippen molar-refractivity contribution >= 4 is 35.8 Å². The topological polar surface area (TPSA) is 57.2 Å². The molecule has 1 N–H and O–H groups in total. The number of aliphatic imine (C=N–C) groups is 1. The SMILES string of the molecule is CN(C)C(=NCCc1ccc(OCC(=O)NC2CC2)cc1)N(C)C.I. The maximum absolute atomic E-state index is 11.6. The van der Waals surface area contributed by atoms with Crippen LogP contribution in [0.15, 0.2) is 29.3 Å². The first-order valence-corrected chi connectivity index (χ1v) is 8.36. The normalized spacial score (nSPS) is 12.6. The standard InChI is InChI=1S/C18H28N4O2.HI/c1-21(2)18(22(3)4)19-12-11-14-5-9-16(10-6-14)24-13-17(23)20-15-7-8-15;/h5-6,9-10,15H,7-8,11-13H2,1-4H3,(H,20,23);1H. The molecule has 7 heteroatoms. The molecule has 0 radical (unpaired) electrons. The van der Waals surface area contributed by atoms with Gasteiger partial charge in [0.2, 0.25) is 0 Å². The first-order valence-electron chi connectivity index (χ1n) is 8.36. The third-order valence-corrected chi connectivity index (χ3v) is 3.69. The quantitative estimate of drug-likeness (QED) is 0.384. The maximum Gasteiger partial charge on any atom is 0.258 e. The lowest BCUT2D eigenvalue weighted by atomic mass is 10.1. The molecule has 1 fully saturated rings. The lowest BCUT2D eigenvalue weighted by Gasteiger charge is -2.22. The number of halogens is 1. The molecule has 1 amide bonds. The van der Waals surface area contributed by atoms with Crippen LogP contribution in [0.1, 0.15) is 18.4 Å². The summed E-state index contributed by atoms with van der Waals surface area (Å²) in [6.45, 7) is 0.810. The van der Waals surface area contributed by atoms with Gasteiger partial charge in [0.15, 0.2) is 12.6 Å². The molecule has 0 spiro atoms. The molecular weight excluding hydrogens is 431 g/mol. The van der Waals surface area contributed by atoms with E-state index in [0.29, 0.717) is 6.04 Å². The average Bonchev–Trinajstić information content (AvgIpc) is 3.34. The van der Waals surface area contributed by atoms with Crippen molar-refractivity contribution in [3.8, 4) is 5.75 Å². The highest BCUT2D eigenvalue weighted by Crippen LogP contribution is 2.18. The summed E-state index contributed by atoms with van der Waals surface area (Å²) in [5.41, 5.74) is 1.20. The summed E-state index contributed by atoms with van der Waals surface area (Å²) in [6, 6.07) is 8.23. The number of ether oxygens (including phenoxy) is 1. The van der Waals surface area contributed by atoms with Crippen molar-refractivity contribution in [1.29, 1.82) is 0 Å². The van der Waals surface area contributed by atoms with E-state index >= 15 is 0 Å². The van der Waals surface area contributed by atoms with E-state index in [1.54, 1.807) is 0 Å².